The maximum atomic E-state index is 4.63. The van der Waals surface area contributed by atoms with E-state index in [1.165, 1.54) is 5.56 Å². The maximum Gasteiger partial charge on any atom is 0.223 e. The molecule has 0 saturated carbocycles. The highest BCUT2D eigenvalue weighted by molar-refractivity contribution is 5.55. The summed E-state index contributed by atoms with van der Waals surface area (Å²) in [6.45, 7) is 0.743. The molecule has 0 aliphatic rings. The lowest BCUT2D eigenvalue weighted by Gasteiger charge is -2.19. The van der Waals surface area contributed by atoms with Gasteiger partial charge in [0.15, 0.2) is 0 Å². The molecule has 0 spiro atoms. The Morgan fingerprint density at radius 1 is 0.889 bits per heavy atom. The summed E-state index contributed by atoms with van der Waals surface area (Å²) in [5, 5.41) is 7.64. The summed E-state index contributed by atoms with van der Waals surface area (Å²) in [6.07, 6.45) is 7.60. The van der Waals surface area contributed by atoms with E-state index < -0.39 is 0 Å². The van der Waals surface area contributed by atoms with Crippen molar-refractivity contribution in [2.45, 2.75) is 19.0 Å². The average Bonchev–Trinajstić information content (AvgIpc) is 3.26. The number of nitrogens with one attached hydrogen (secondary N) is 1. The van der Waals surface area contributed by atoms with Gasteiger partial charge in [0.2, 0.25) is 5.95 Å². The number of benzene rings is 1. The Bertz CT molecular complexity index is 956. The molecule has 4 aromatic rings. The van der Waals surface area contributed by atoms with Crippen LogP contribution in [0, 0.1) is 0 Å². The third kappa shape index (κ3) is 4.33. The summed E-state index contributed by atoms with van der Waals surface area (Å²) < 4.78 is 1.82. The summed E-state index contributed by atoms with van der Waals surface area (Å²) >= 11 is 0. The zero-order valence-electron chi connectivity index (χ0n) is 14.7. The van der Waals surface area contributed by atoms with Gasteiger partial charge in [0.25, 0.3) is 0 Å². The van der Waals surface area contributed by atoms with Crippen LogP contribution in [-0.4, -0.2) is 29.7 Å². The van der Waals surface area contributed by atoms with Crippen LogP contribution in [0.1, 0.15) is 18.0 Å². The molecule has 134 valence electrons. The Morgan fingerprint density at radius 3 is 2.56 bits per heavy atom. The minimum absolute atomic E-state index is 0.0504. The SMILES string of the molecule is c1ccc(C(CCn2cncn2)Nc2nccc(-c3ccccn3)n2)cc1. The zero-order chi connectivity index (χ0) is 18.3. The minimum atomic E-state index is 0.0504. The summed E-state index contributed by atoms with van der Waals surface area (Å²) in [7, 11) is 0. The van der Waals surface area contributed by atoms with Gasteiger partial charge in [0, 0.05) is 18.9 Å². The molecule has 3 aromatic heterocycles. The van der Waals surface area contributed by atoms with Gasteiger partial charge < -0.3 is 5.32 Å². The number of rotatable bonds is 7. The van der Waals surface area contributed by atoms with Gasteiger partial charge in [-0.3, -0.25) is 9.67 Å². The van der Waals surface area contributed by atoms with E-state index in [0.29, 0.717) is 5.95 Å². The monoisotopic (exact) mass is 357 g/mol. The van der Waals surface area contributed by atoms with Crippen molar-refractivity contribution < 1.29 is 0 Å². The molecule has 0 saturated heterocycles. The Labute approximate surface area is 157 Å². The molecule has 3 heterocycles. The lowest BCUT2D eigenvalue weighted by Crippen LogP contribution is -2.16. The molecule has 1 N–H and O–H groups in total. The molecule has 0 bridgehead atoms. The van der Waals surface area contributed by atoms with E-state index in [1.807, 2.05) is 47.1 Å². The van der Waals surface area contributed by atoms with Gasteiger partial charge in [0.05, 0.1) is 17.4 Å². The predicted octanol–water partition coefficient (Wildman–Crippen LogP) is 3.37. The standard InChI is InChI=1S/C20H19N7/c1-2-6-16(7-3-1)17(10-13-27-15-21-14-24-27)25-20-23-12-9-19(26-20)18-8-4-5-11-22-18/h1-9,11-12,14-15,17H,10,13H2,(H,23,25,26). The van der Waals surface area contributed by atoms with E-state index in [-0.39, 0.29) is 6.04 Å². The van der Waals surface area contributed by atoms with E-state index >= 15 is 0 Å². The molecular weight excluding hydrogens is 338 g/mol. The van der Waals surface area contributed by atoms with Crippen LogP contribution < -0.4 is 5.32 Å². The van der Waals surface area contributed by atoms with Crippen LogP contribution >= 0.6 is 0 Å². The van der Waals surface area contributed by atoms with E-state index in [9.17, 15) is 0 Å². The number of aryl methyl sites for hydroxylation is 1. The second-order valence-corrected chi connectivity index (χ2v) is 6.04. The zero-order valence-corrected chi connectivity index (χ0v) is 14.7. The van der Waals surface area contributed by atoms with Crippen LogP contribution in [0.25, 0.3) is 11.4 Å². The first-order chi connectivity index (χ1) is 13.4. The molecule has 1 aromatic carbocycles. The van der Waals surface area contributed by atoms with E-state index in [2.05, 4.69) is 42.5 Å². The summed E-state index contributed by atoms with van der Waals surface area (Å²) in [6, 6.07) is 18.0. The fourth-order valence-electron chi connectivity index (χ4n) is 2.86. The highest BCUT2D eigenvalue weighted by Crippen LogP contribution is 2.22. The van der Waals surface area contributed by atoms with Gasteiger partial charge in [-0.2, -0.15) is 5.10 Å². The first-order valence-electron chi connectivity index (χ1n) is 8.77. The highest BCUT2D eigenvalue weighted by atomic mass is 15.3. The molecule has 0 amide bonds. The molecule has 1 atom stereocenters. The van der Waals surface area contributed by atoms with E-state index in [0.717, 1.165) is 24.4 Å². The molecule has 7 heteroatoms. The van der Waals surface area contributed by atoms with E-state index in [4.69, 9.17) is 0 Å². The van der Waals surface area contributed by atoms with Gasteiger partial charge in [0.1, 0.15) is 12.7 Å². The second kappa shape index (κ2) is 8.18. The van der Waals surface area contributed by atoms with Crippen molar-refractivity contribution in [3.05, 3.63) is 85.2 Å². The largest absolute Gasteiger partial charge is 0.347 e. The van der Waals surface area contributed by atoms with Gasteiger partial charge >= 0.3 is 0 Å². The first kappa shape index (κ1) is 16.8. The Hall–Kier alpha value is -3.61. The molecule has 4 rings (SSSR count). The maximum absolute atomic E-state index is 4.63. The molecular formula is C20H19N7. The van der Waals surface area contributed by atoms with Crippen molar-refractivity contribution in [2.75, 3.05) is 5.32 Å². The van der Waals surface area contributed by atoms with Gasteiger partial charge in [-0.05, 0) is 30.2 Å². The second-order valence-electron chi connectivity index (χ2n) is 6.04. The van der Waals surface area contributed by atoms with Crippen molar-refractivity contribution in [1.82, 2.24) is 29.7 Å². The lowest BCUT2D eigenvalue weighted by atomic mass is 10.0. The van der Waals surface area contributed by atoms with Gasteiger partial charge in [-0.1, -0.05) is 36.4 Å². The van der Waals surface area contributed by atoms with Gasteiger partial charge in [-0.15, -0.1) is 0 Å². The van der Waals surface area contributed by atoms with Crippen LogP contribution in [0.4, 0.5) is 5.95 Å². The molecule has 1 unspecified atom stereocenters. The first-order valence-corrected chi connectivity index (χ1v) is 8.77. The third-order valence-corrected chi connectivity index (χ3v) is 4.20. The predicted molar refractivity (Wildman–Crippen MR) is 103 cm³/mol. The molecule has 27 heavy (non-hydrogen) atoms. The molecule has 0 aliphatic carbocycles. The fraction of sp³-hybridized carbons (Fsp3) is 0.150. The molecule has 0 radical (unpaired) electrons. The number of anilines is 1. The number of pyridine rings is 1. The minimum Gasteiger partial charge on any atom is -0.347 e. The van der Waals surface area contributed by atoms with Crippen molar-refractivity contribution in [3.8, 4) is 11.4 Å². The van der Waals surface area contributed by atoms with Crippen LogP contribution in [0.3, 0.4) is 0 Å². The van der Waals surface area contributed by atoms with Crippen LogP contribution in [0.15, 0.2) is 79.6 Å². The number of hydrogen-bond acceptors (Lipinski definition) is 6. The van der Waals surface area contributed by atoms with Crippen LogP contribution in [0.2, 0.25) is 0 Å². The fourth-order valence-corrected chi connectivity index (χ4v) is 2.86. The number of aromatic nitrogens is 6. The summed E-state index contributed by atoms with van der Waals surface area (Å²) in [4.78, 5) is 17.4. The number of hydrogen-bond donors (Lipinski definition) is 1. The Kier molecular flexibility index (Phi) is 5.10. The smallest absolute Gasteiger partial charge is 0.223 e. The normalized spacial score (nSPS) is 11.9. The number of nitrogens with zero attached hydrogens (tertiary/aromatic N) is 6. The Morgan fingerprint density at radius 2 is 1.78 bits per heavy atom. The summed E-state index contributed by atoms with van der Waals surface area (Å²) in [5.74, 6) is 0.575. The van der Waals surface area contributed by atoms with Crippen molar-refractivity contribution >= 4 is 5.95 Å². The van der Waals surface area contributed by atoms with Gasteiger partial charge in [-0.25, -0.2) is 15.0 Å². The van der Waals surface area contributed by atoms with E-state index in [1.54, 1.807) is 25.0 Å². The third-order valence-electron chi connectivity index (χ3n) is 4.20. The topological polar surface area (TPSA) is 81.4 Å². The van der Waals surface area contributed by atoms with Crippen LogP contribution in [0.5, 0.6) is 0 Å². The average molecular weight is 357 g/mol. The van der Waals surface area contributed by atoms with Crippen molar-refractivity contribution in [2.24, 2.45) is 0 Å². The molecule has 7 nitrogen and oxygen atoms in total. The quantitative estimate of drug-likeness (QED) is 0.546. The lowest BCUT2D eigenvalue weighted by molar-refractivity contribution is 0.536. The molecule has 0 aliphatic heterocycles. The highest BCUT2D eigenvalue weighted by Gasteiger charge is 2.14. The van der Waals surface area contributed by atoms with Crippen molar-refractivity contribution in [3.63, 3.8) is 0 Å². The summed E-state index contributed by atoms with van der Waals surface area (Å²) in [5.41, 5.74) is 2.78. The molecule has 0 fully saturated rings. The van der Waals surface area contributed by atoms with Crippen molar-refractivity contribution in [1.29, 1.82) is 0 Å². The Balaban J connectivity index is 1.56. The van der Waals surface area contributed by atoms with Crippen LogP contribution in [-0.2, 0) is 6.54 Å².